The lowest BCUT2D eigenvalue weighted by Crippen LogP contribution is -2.63. The minimum absolute atomic E-state index is 0.0867. The summed E-state index contributed by atoms with van der Waals surface area (Å²) in [5, 5.41) is 79.6. The second-order valence-electron chi connectivity index (χ2n) is 7.15. The lowest BCUT2D eigenvalue weighted by Gasteiger charge is -2.46. The van der Waals surface area contributed by atoms with Gasteiger partial charge in [-0.1, -0.05) is 12.1 Å². The van der Waals surface area contributed by atoms with E-state index in [0.29, 0.717) is 5.56 Å². The molecule has 10 atom stereocenters. The van der Waals surface area contributed by atoms with Crippen LogP contribution in [0.15, 0.2) is 24.3 Å². The van der Waals surface area contributed by atoms with Crippen molar-refractivity contribution in [2.45, 2.75) is 61.2 Å². The van der Waals surface area contributed by atoms with E-state index in [4.69, 9.17) is 14.2 Å². The fourth-order valence-electron chi connectivity index (χ4n) is 3.56. The van der Waals surface area contributed by atoms with Crippen molar-refractivity contribution in [2.75, 3.05) is 13.2 Å². The second-order valence-corrected chi connectivity index (χ2v) is 7.15. The number of phenols is 1. The maximum atomic E-state index is 10.7. The number of rotatable bonds is 5. The predicted octanol–water partition coefficient (Wildman–Crippen LogP) is -3.27. The van der Waals surface area contributed by atoms with Crippen LogP contribution in [0, 0.1) is 0 Å². The highest BCUT2D eigenvalue weighted by atomic mass is 16.7. The number of aliphatic hydroxyl groups excluding tert-OH is 7. The molecule has 1 aromatic carbocycles. The molecular weight excluding hydrogens is 392 g/mol. The summed E-state index contributed by atoms with van der Waals surface area (Å²) in [7, 11) is 0. The van der Waals surface area contributed by atoms with Gasteiger partial charge in [0.15, 0.2) is 6.29 Å². The van der Waals surface area contributed by atoms with E-state index in [0.717, 1.165) is 0 Å². The third-order valence-electron chi connectivity index (χ3n) is 5.20. The summed E-state index contributed by atoms with van der Waals surface area (Å²) in [4.78, 5) is 0. The van der Waals surface area contributed by atoms with Gasteiger partial charge in [-0.15, -0.1) is 0 Å². The molecule has 2 aliphatic rings. The average molecular weight is 418 g/mol. The standard InChI is InChI=1S/C18H26O11/c19-5-9-11(22)13(24)14(25)18(28-9)29-17-12(23)10(6-20)27-16(15(17)26)7-2-1-3-8(21)4-7/h1-4,9-26H,5-6H2/t9-,10-,11-,12+,13+,14+,15+,16-,17+,18-/m1/s1. The third-order valence-corrected chi connectivity index (χ3v) is 5.20. The van der Waals surface area contributed by atoms with E-state index >= 15 is 0 Å². The molecule has 0 aliphatic carbocycles. The number of ether oxygens (including phenoxy) is 3. The molecule has 29 heavy (non-hydrogen) atoms. The van der Waals surface area contributed by atoms with Crippen LogP contribution in [0.25, 0.3) is 0 Å². The van der Waals surface area contributed by atoms with E-state index in [-0.39, 0.29) is 5.75 Å². The van der Waals surface area contributed by atoms with Gasteiger partial charge in [0.05, 0.1) is 13.2 Å². The summed E-state index contributed by atoms with van der Waals surface area (Å²) in [6.07, 6.45) is -14.6. The SMILES string of the molecule is OC[C@H]1O[C@H](c2cccc(O)c2)[C@H](O)[C@@H](O[C@H]2O[C@H](CO)[C@@H](O)[C@H](O)[C@@H]2O)[C@H]1O. The van der Waals surface area contributed by atoms with Crippen molar-refractivity contribution in [3.8, 4) is 5.75 Å². The van der Waals surface area contributed by atoms with E-state index in [9.17, 15) is 40.9 Å². The van der Waals surface area contributed by atoms with Crippen molar-refractivity contribution in [1.82, 2.24) is 0 Å². The van der Waals surface area contributed by atoms with Gasteiger partial charge < -0.3 is 55.1 Å². The van der Waals surface area contributed by atoms with Gasteiger partial charge in [-0.25, -0.2) is 0 Å². The molecule has 2 saturated heterocycles. The summed E-state index contributed by atoms with van der Waals surface area (Å²) >= 11 is 0. The van der Waals surface area contributed by atoms with E-state index in [1.165, 1.54) is 18.2 Å². The Morgan fingerprint density at radius 3 is 2.07 bits per heavy atom. The quantitative estimate of drug-likeness (QED) is 0.239. The van der Waals surface area contributed by atoms with E-state index < -0.39 is 74.4 Å². The first-order chi connectivity index (χ1) is 13.8. The Bertz CT molecular complexity index is 671. The third kappa shape index (κ3) is 4.39. The molecule has 11 heteroatoms. The number of hydrogen-bond acceptors (Lipinski definition) is 11. The van der Waals surface area contributed by atoms with Crippen LogP contribution in [0.2, 0.25) is 0 Å². The van der Waals surface area contributed by atoms with E-state index in [1.54, 1.807) is 6.07 Å². The molecule has 2 fully saturated rings. The van der Waals surface area contributed by atoms with Crippen molar-refractivity contribution >= 4 is 0 Å². The molecule has 8 N–H and O–H groups in total. The minimum atomic E-state index is -1.73. The summed E-state index contributed by atoms with van der Waals surface area (Å²) in [5.74, 6) is -0.0867. The normalized spacial score (nSPS) is 43.3. The Morgan fingerprint density at radius 2 is 1.45 bits per heavy atom. The first kappa shape index (κ1) is 22.3. The Labute approximate surface area is 165 Å². The summed E-state index contributed by atoms with van der Waals surface area (Å²) in [6, 6.07) is 5.84. The second kappa shape index (κ2) is 9.18. The highest BCUT2D eigenvalue weighted by Crippen LogP contribution is 2.36. The molecule has 0 aromatic heterocycles. The molecule has 1 aromatic rings. The molecule has 0 unspecified atom stereocenters. The Balaban J connectivity index is 1.84. The average Bonchev–Trinajstić information content (AvgIpc) is 2.71. The predicted molar refractivity (Wildman–Crippen MR) is 93.5 cm³/mol. The van der Waals surface area contributed by atoms with Gasteiger partial charge in [-0.05, 0) is 17.7 Å². The molecule has 0 radical (unpaired) electrons. The maximum absolute atomic E-state index is 10.7. The topological polar surface area (TPSA) is 190 Å². The van der Waals surface area contributed by atoms with Crippen LogP contribution < -0.4 is 0 Å². The maximum Gasteiger partial charge on any atom is 0.187 e. The monoisotopic (exact) mass is 418 g/mol. The fraction of sp³-hybridized carbons (Fsp3) is 0.667. The molecule has 0 spiro atoms. The van der Waals surface area contributed by atoms with Gasteiger partial charge in [0.2, 0.25) is 0 Å². The van der Waals surface area contributed by atoms with Crippen molar-refractivity contribution in [3.05, 3.63) is 29.8 Å². The lowest BCUT2D eigenvalue weighted by atomic mass is 9.90. The van der Waals surface area contributed by atoms with Crippen molar-refractivity contribution in [3.63, 3.8) is 0 Å². The smallest absolute Gasteiger partial charge is 0.187 e. The van der Waals surface area contributed by atoms with E-state index in [2.05, 4.69) is 0 Å². The largest absolute Gasteiger partial charge is 0.508 e. The van der Waals surface area contributed by atoms with Gasteiger partial charge in [0.25, 0.3) is 0 Å². The zero-order valence-electron chi connectivity index (χ0n) is 15.3. The van der Waals surface area contributed by atoms with Gasteiger partial charge in [-0.2, -0.15) is 0 Å². The molecule has 3 rings (SSSR count). The molecule has 0 bridgehead atoms. The van der Waals surface area contributed by atoms with Gasteiger partial charge in [0.1, 0.15) is 60.7 Å². The Kier molecular flexibility index (Phi) is 7.06. The minimum Gasteiger partial charge on any atom is -0.508 e. The molecule has 0 saturated carbocycles. The van der Waals surface area contributed by atoms with Crippen LogP contribution in [0.3, 0.4) is 0 Å². The Hall–Kier alpha value is -1.38. The van der Waals surface area contributed by atoms with Gasteiger partial charge in [-0.3, -0.25) is 0 Å². The van der Waals surface area contributed by atoms with Crippen molar-refractivity contribution in [1.29, 1.82) is 0 Å². The number of aliphatic hydroxyl groups is 7. The van der Waals surface area contributed by atoms with Gasteiger partial charge >= 0.3 is 0 Å². The number of aromatic hydroxyl groups is 1. The summed E-state index contributed by atoms with van der Waals surface area (Å²) in [5.41, 5.74) is 0.352. The zero-order chi connectivity index (χ0) is 21.3. The Morgan fingerprint density at radius 1 is 0.793 bits per heavy atom. The van der Waals surface area contributed by atoms with Crippen LogP contribution >= 0.6 is 0 Å². The first-order valence-electron chi connectivity index (χ1n) is 9.15. The van der Waals surface area contributed by atoms with Crippen LogP contribution in [0.1, 0.15) is 11.7 Å². The number of hydrogen-bond donors (Lipinski definition) is 8. The molecular formula is C18H26O11. The van der Waals surface area contributed by atoms with Crippen molar-refractivity contribution in [2.24, 2.45) is 0 Å². The number of phenolic OH excluding ortho intramolecular Hbond substituents is 1. The number of benzene rings is 1. The van der Waals surface area contributed by atoms with E-state index in [1.807, 2.05) is 0 Å². The summed E-state index contributed by atoms with van der Waals surface area (Å²) < 4.78 is 16.3. The molecule has 0 amide bonds. The summed E-state index contributed by atoms with van der Waals surface area (Å²) in [6.45, 7) is -1.29. The van der Waals surface area contributed by atoms with Crippen LogP contribution in [-0.4, -0.2) is 109 Å². The van der Waals surface area contributed by atoms with Gasteiger partial charge in [0, 0.05) is 0 Å². The molecule has 2 aliphatic heterocycles. The zero-order valence-corrected chi connectivity index (χ0v) is 15.3. The fourth-order valence-corrected chi connectivity index (χ4v) is 3.56. The van der Waals surface area contributed by atoms with Crippen LogP contribution in [-0.2, 0) is 14.2 Å². The lowest BCUT2D eigenvalue weighted by molar-refractivity contribution is -0.342. The first-order valence-corrected chi connectivity index (χ1v) is 9.15. The molecule has 164 valence electrons. The van der Waals surface area contributed by atoms with Crippen molar-refractivity contribution < 1.29 is 55.1 Å². The van der Waals surface area contributed by atoms with Crippen LogP contribution in [0.4, 0.5) is 0 Å². The van der Waals surface area contributed by atoms with Crippen LogP contribution in [0.5, 0.6) is 5.75 Å². The highest BCUT2D eigenvalue weighted by molar-refractivity contribution is 5.30. The molecule has 11 nitrogen and oxygen atoms in total. The highest BCUT2D eigenvalue weighted by Gasteiger charge is 2.50. The molecule has 2 heterocycles.